The van der Waals surface area contributed by atoms with Gasteiger partial charge < -0.3 is 9.64 Å². The highest BCUT2D eigenvalue weighted by Gasteiger charge is 2.34. The molecule has 1 saturated heterocycles. The van der Waals surface area contributed by atoms with Crippen LogP contribution in [0, 0.1) is 0 Å². The molecule has 2 aromatic carbocycles. The molecule has 0 unspecified atom stereocenters. The predicted octanol–water partition coefficient (Wildman–Crippen LogP) is 3.66. The molecule has 2 amide bonds. The van der Waals surface area contributed by atoms with Crippen molar-refractivity contribution in [2.24, 2.45) is 0 Å². The maximum atomic E-state index is 12.8. The van der Waals surface area contributed by atoms with Crippen molar-refractivity contribution in [3.05, 3.63) is 58.6 Å². The highest BCUT2D eigenvalue weighted by molar-refractivity contribution is 6.33. The largest absolute Gasteiger partial charge is 0.496 e. The van der Waals surface area contributed by atoms with Crippen LogP contribution in [0.15, 0.2) is 48.0 Å². The van der Waals surface area contributed by atoms with Crippen LogP contribution in [-0.2, 0) is 9.59 Å². The van der Waals surface area contributed by atoms with E-state index < -0.39 is 11.8 Å². The van der Waals surface area contributed by atoms with Gasteiger partial charge in [-0.15, -0.1) is 0 Å². The number of methoxy groups -OCH3 is 1. The fraction of sp³-hybridized carbons (Fsp3) is 0.238. The Morgan fingerprint density at radius 3 is 2.54 bits per heavy atom. The van der Waals surface area contributed by atoms with E-state index >= 15 is 0 Å². The molecular weight excluding hydrogens is 378 g/mol. The summed E-state index contributed by atoms with van der Waals surface area (Å²) in [6, 6.07) is 12.4. The van der Waals surface area contributed by atoms with Crippen LogP contribution in [0.3, 0.4) is 0 Å². The second kappa shape index (κ2) is 8.35. The normalized spacial score (nSPS) is 15.1. The number of rotatable bonds is 6. The topological polar surface area (TPSA) is 61.9 Å². The summed E-state index contributed by atoms with van der Waals surface area (Å²) >= 11 is 5.99. The van der Waals surface area contributed by atoms with Crippen molar-refractivity contribution in [2.45, 2.75) is 13.8 Å². The van der Waals surface area contributed by atoms with Crippen molar-refractivity contribution in [1.82, 2.24) is 5.43 Å². The first-order valence-corrected chi connectivity index (χ1v) is 9.42. The summed E-state index contributed by atoms with van der Waals surface area (Å²) in [4.78, 5) is 27.4. The molecule has 1 aliphatic heterocycles. The van der Waals surface area contributed by atoms with Crippen molar-refractivity contribution in [3.63, 3.8) is 0 Å². The molecule has 0 aromatic heterocycles. The third-order valence-corrected chi connectivity index (χ3v) is 4.84. The number of carbonyl (C=O) groups excluding carboxylic acids is 2. The summed E-state index contributed by atoms with van der Waals surface area (Å²) in [5, 5.41) is 1.67. The van der Waals surface area contributed by atoms with Gasteiger partial charge in [0.1, 0.15) is 11.3 Å². The third-order valence-electron chi connectivity index (χ3n) is 4.60. The van der Waals surface area contributed by atoms with Crippen molar-refractivity contribution < 1.29 is 14.3 Å². The van der Waals surface area contributed by atoms with Gasteiger partial charge >= 0.3 is 0 Å². The van der Waals surface area contributed by atoms with E-state index in [1.54, 1.807) is 37.5 Å². The van der Waals surface area contributed by atoms with Gasteiger partial charge in [-0.05, 0) is 50.3 Å². The van der Waals surface area contributed by atoms with Gasteiger partial charge in [0.15, 0.2) is 0 Å². The van der Waals surface area contributed by atoms with Crippen LogP contribution >= 0.6 is 11.6 Å². The Bertz CT molecular complexity index is 938. The highest BCUT2D eigenvalue weighted by Crippen LogP contribution is 2.29. The van der Waals surface area contributed by atoms with Crippen LogP contribution in [0.2, 0.25) is 5.02 Å². The van der Waals surface area contributed by atoms with Crippen molar-refractivity contribution in [2.75, 3.05) is 30.1 Å². The molecule has 2 aromatic rings. The Hall–Kier alpha value is -2.99. The average molecular weight is 400 g/mol. The fourth-order valence-electron chi connectivity index (χ4n) is 3.11. The molecule has 1 aliphatic rings. The number of hydrazine groups is 1. The van der Waals surface area contributed by atoms with Crippen LogP contribution in [0.4, 0.5) is 11.4 Å². The second-order valence-electron chi connectivity index (χ2n) is 6.22. The SMILES string of the molecule is CCN(CC)c1ccc(/C=C2\C(=O)NN(c3cccc(Cl)c3)C2=O)c(OC)c1. The van der Waals surface area contributed by atoms with E-state index in [2.05, 4.69) is 24.2 Å². The number of nitrogens with one attached hydrogen (secondary N) is 1. The maximum Gasteiger partial charge on any atom is 0.282 e. The van der Waals surface area contributed by atoms with Crippen LogP contribution in [0.5, 0.6) is 5.75 Å². The van der Waals surface area contributed by atoms with Crippen molar-refractivity contribution in [3.8, 4) is 5.75 Å². The first-order valence-electron chi connectivity index (χ1n) is 9.04. The number of amides is 2. The molecule has 146 valence electrons. The number of ether oxygens (including phenoxy) is 1. The van der Waals surface area contributed by atoms with E-state index in [0.29, 0.717) is 22.0 Å². The standard InChI is InChI=1S/C21H22ClN3O3/c1-4-24(5-2)16-10-9-14(19(13-16)28-3)11-18-20(26)23-25(21(18)27)17-8-6-7-15(22)12-17/h6-13H,4-5H2,1-3H3,(H,23,26)/b18-11+. The predicted molar refractivity (Wildman–Crippen MR) is 112 cm³/mol. The summed E-state index contributed by atoms with van der Waals surface area (Å²) in [7, 11) is 1.57. The molecule has 1 heterocycles. The quantitative estimate of drug-likeness (QED) is 0.595. The molecule has 28 heavy (non-hydrogen) atoms. The van der Waals surface area contributed by atoms with Crippen LogP contribution in [-0.4, -0.2) is 32.0 Å². The summed E-state index contributed by atoms with van der Waals surface area (Å²) in [6.07, 6.45) is 1.55. The molecule has 0 saturated carbocycles. The summed E-state index contributed by atoms with van der Waals surface area (Å²) in [6.45, 7) is 5.90. The van der Waals surface area contributed by atoms with Crippen LogP contribution in [0.25, 0.3) is 6.08 Å². The molecule has 0 aliphatic carbocycles. The fourth-order valence-corrected chi connectivity index (χ4v) is 3.30. The molecule has 7 heteroatoms. The second-order valence-corrected chi connectivity index (χ2v) is 6.65. The minimum Gasteiger partial charge on any atom is -0.496 e. The summed E-state index contributed by atoms with van der Waals surface area (Å²) < 4.78 is 5.49. The van der Waals surface area contributed by atoms with Crippen LogP contribution in [0.1, 0.15) is 19.4 Å². The highest BCUT2D eigenvalue weighted by atomic mass is 35.5. The maximum absolute atomic E-state index is 12.8. The Balaban J connectivity index is 1.94. The van der Waals surface area contributed by atoms with E-state index in [4.69, 9.17) is 16.3 Å². The number of anilines is 2. The first kappa shape index (κ1) is 19.8. The smallest absolute Gasteiger partial charge is 0.282 e. The average Bonchev–Trinajstić information content (AvgIpc) is 2.98. The van der Waals surface area contributed by atoms with Gasteiger partial charge in [0.2, 0.25) is 0 Å². The van der Waals surface area contributed by atoms with Crippen LogP contribution < -0.4 is 20.1 Å². The molecular formula is C21H22ClN3O3. The third kappa shape index (κ3) is 3.82. The zero-order chi connectivity index (χ0) is 20.3. The monoisotopic (exact) mass is 399 g/mol. The van der Waals surface area contributed by atoms with Crippen molar-refractivity contribution >= 4 is 40.9 Å². The molecule has 6 nitrogen and oxygen atoms in total. The molecule has 3 rings (SSSR count). The zero-order valence-corrected chi connectivity index (χ0v) is 16.8. The minimum absolute atomic E-state index is 0.0360. The Labute approximate surface area is 169 Å². The van der Waals surface area contributed by atoms with Crippen molar-refractivity contribution in [1.29, 1.82) is 0 Å². The molecule has 1 fully saturated rings. The summed E-state index contributed by atoms with van der Waals surface area (Å²) in [5.41, 5.74) is 4.78. The number of hydrogen-bond acceptors (Lipinski definition) is 4. The lowest BCUT2D eigenvalue weighted by Crippen LogP contribution is -2.35. The lowest BCUT2D eigenvalue weighted by Gasteiger charge is -2.22. The zero-order valence-electron chi connectivity index (χ0n) is 16.0. The van der Waals surface area contributed by atoms with E-state index in [1.165, 1.54) is 5.01 Å². The minimum atomic E-state index is -0.472. The number of halogens is 1. The van der Waals surface area contributed by atoms with Gasteiger partial charge in [-0.25, -0.2) is 5.01 Å². The van der Waals surface area contributed by atoms with Gasteiger partial charge in [0.25, 0.3) is 11.8 Å². The lowest BCUT2D eigenvalue weighted by atomic mass is 10.1. The Morgan fingerprint density at radius 1 is 1.14 bits per heavy atom. The number of carbonyl (C=O) groups is 2. The Kier molecular flexibility index (Phi) is 5.90. The van der Waals surface area contributed by atoms with Gasteiger partial charge in [0.05, 0.1) is 12.8 Å². The van der Waals surface area contributed by atoms with Gasteiger partial charge in [0, 0.05) is 35.4 Å². The van der Waals surface area contributed by atoms with E-state index in [0.717, 1.165) is 18.8 Å². The molecule has 0 atom stereocenters. The van der Waals surface area contributed by atoms with E-state index in [9.17, 15) is 9.59 Å². The number of hydrogen-bond donors (Lipinski definition) is 1. The van der Waals surface area contributed by atoms with Gasteiger partial charge in [-0.3, -0.25) is 15.0 Å². The number of benzene rings is 2. The first-order chi connectivity index (χ1) is 13.5. The van der Waals surface area contributed by atoms with Gasteiger partial charge in [-0.1, -0.05) is 17.7 Å². The number of nitrogens with zero attached hydrogens (tertiary/aromatic N) is 2. The van der Waals surface area contributed by atoms with E-state index in [-0.39, 0.29) is 5.57 Å². The Morgan fingerprint density at radius 2 is 1.89 bits per heavy atom. The van der Waals surface area contributed by atoms with E-state index in [1.807, 2.05) is 18.2 Å². The molecule has 1 N–H and O–H groups in total. The molecule has 0 spiro atoms. The lowest BCUT2D eigenvalue weighted by molar-refractivity contribution is -0.117. The molecule has 0 bridgehead atoms. The summed E-state index contributed by atoms with van der Waals surface area (Å²) in [5.74, 6) is -0.319. The molecule has 0 radical (unpaired) electrons. The van der Waals surface area contributed by atoms with Gasteiger partial charge in [-0.2, -0.15) is 0 Å².